The molecule has 3 aromatic carbocycles. The van der Waals surface area contributed by atoms with Crippen LogP contribution < -0.4 is 4.74 Å². The van der Waals surface area contributed by atoms with Crippen LogP contribution in [0.25, 0.3) is 33.3 Å². The second kappa shape index (κ2) is 14.8. The molecule has 6 aromatic rings. The maximum Gasteiger partial charge on any atom is 0.137 e. The van der Waals surface area contributed by atoms with E-state index in [-0.39, 0.29) is 0 Å². The summed E-state index contributed by atoms with van der Waals surface area (Å²) in [5.74, 6) is 5.06. The van der Waals surface area contributed by atoms with Crippen LogP contribution in [-0.2, 0) is 12.8 Å². The molecule has 0 amide bonds. The zero-order valence-electron chi connectivity index (χ0n) is 32.7. The monoisotopic (exact) mass is 692 g/mol. The number of aromatic nitrogens is 4. The Bertz CT molecular complexity index is 2250. The molecule has 0 radical (unpaired) electrons. The highest BCUT2D eigenvalue weighted by molar-refractivity contribution is 6.09. The Kier molecular flexibility index (Phi) is 10.2. The Morgan fingerprint density at radius 3 is 2.40 bits per heavy atom. The second-order valence-corrected chi connectivity index (χ2v) is 16.2. The van der Waals surface area contributed by atoms with Gasteiger partial charge in [0, 0.05) is 46.3 Å². The Balaban J connectivity index is 1.33. The zero-order valence-corrected chi connectivity index (χ0v) is 32.7. The lowest BCUT2D eigenvalue weighted by molar-refractivity contribution is 0.389. The molecule has 0 spiro atoms. The fraction of sp³-hybridized carbons (Fsp3) is 0.404. The summed E-state index contributed by atoms with van der Waals surface area (Å²) >= 11 is 0. The molecule has 0 saturated heterocycles. The summed E-state index contributed by atoms with van der Waals surface area (Å²) in [6, 6.07) is 26.2. The van der Waals surface area contributed by atoms with Crippen molar-refractivity contribution < 1.29 is 4.74 Å². The first-order valence-corrected chi connectivity index (χ1v) is 19.6. The van der Waals surface area contributed by atoms with E-state index in [1.165, 1.54) is 45.2 Å². The largest absolute Gasteiger partial charge is 0.457 e. The number of ether oxygens (including phenoxy) is 1. The SMILES string of the molecule is CCCCc1c(C2C(C)=C[C@H](C)C[C@@H]2C)c(C)nn1-c1cc(Oc2ccc3c4ccccc4n(-c4cc(CC(C)C)ccn4)c3c2)cc(C(C)C)c1. The Labute approximate surface area is 310 Å². The number of para-hydroxylation sites is 1. The minimum atomic E-state index is 0.330. The van der Waals surface area contributed by atoms with E-state index in [0.29, 0.717) is 29.6 Å². The minimum Gasteiger partial charge on any atom is -0.457 e. The maximum atomic E-state index is 6.84. The molecule has 3 heterocycles. The molecule has 3 atom stereocenters. The van der Waals surface area contributed by atoms with Gasteiger partial charge >= 0.3 is 0 Å². The Morgan fingerprint density at radius 1 is 0.865 bits per heavy atom. The minimum absolute atomic E-state index is 0.330. The van der Waals surface area contributed by atoms with E-state index in [1.807, 2.05) is 6.20 Å². The summed E-state index contributed by atoms with van der Waals surface area (Å²) in [6.07, 6.45) is 9.95. The average Bonchev–Trinajstić information content (AvgIpc) is 3.60. The Hall–Kier alpha value is -4.64. The number of pyridine rings is 1. The third-order valence-electron chi connectivity index (χ3n) is 11.0. The third-order valence-corrected chi connectivity index (χ3v) is 11.0. The van der Waals surface area contributed by atoms with Crippen LogP contribution in [0.15, 0.2) is 90.6 Å². The molecule has 0 fully saturated rings. The number of rotatable bonds is 11. The number of unbranched alkanes of at least 4 members (excludes halogenated alkanes) is 1. The van der Waals surface area contributed by atoms with E-state index in [2.05, 4.69) is 150 Å². The van der Waals surface area contributed by atoms with Crippen molar-refractivity contribution in [3.8, 4) is 23.0 Å². The topological polar surface area (TPSA) is 44.9 Å². The van der Waals surface area contributed by atoms with Crippen molar-refractivity contribution >= 4 is 21.8 Å². The van der Waals surface area contributed by atoms with Gasteiger partial charge in [-0.25, -0.2) is 9.67 Å². The number of nitrogens with zero attached hydrogens (tertiary/aromatic N) is 4. The second-order valence-electron chi connectivity index (χ2n) is 16.2. The van der Waals surface area contributed by atoms with Crippen LogP contribution in [0.2, 0.25) is 0 Å². The lowest BCUT2D eigenvalue weighted by Crippen LogP contribution is -2.21. The van der Waals surface area contributed by atoms with Crippen LogP contribution in [-0.4, -0.2) is 19.3 Å². The highest BCUT2D eigenvalue weighted by atomic mass is 16.5. The zero-order chi connectivity index (χ0) is 36.7. The van der Waals surface area contributed by atoms with Gasteiger partial charge in [0.05, 0.1) is 22.4 Å². The average molecular weight is 693 g/mol. The highest BCUT2D eigenvalue weighted by Crippen LogP contribution is 2.44. The number of fused-ring (bicyclic) bond motifs is 3. The summed E-state index contributed by atoms with van der Waals surface area (Å²) in [7, 11) is 0. The van der Waals surface area contributed by atoms with E-state index in [4.69, 9.17) is 14.8 Å². The number of hydrogen-bond acceptors (Lipinski definition) is 3. The highest BCUT2D eigenvalue weighted by Gasteiger charge is 2.32. The van der Waals surface area contributed by atoms with Crippen LogP contribution in [0.4, 0.5) is 0 Å². The van der Waals surface area contributed by atoms with Crippen molar-refractivity contribution in [2.45, 2.75) is 106 Å². The summed E-state index contributed by atoms with van der Waals surface area (Å²) in [5.41, 5.74) is 11.2. The summed E-state index contributed by atoms with van der Waals surface area (Å²) in [4.78, 5) is 4.87. The maximum absolute atomic E-state index is 6.84. The van der Waals surface area contributed by atoms with Crippen LogP contribution in [0, 0.1) is 24.7 Å². The molecule has 52 heavy (non-hydrogen) atoms. The smallest absolute Gasteiger partial charge is 0.137 e. The van der Waals surface area contributed by atoms with Gasteiger partial charge in [0.1, 0.15) is 17.3 Å². The van der Waals surface area contributed by atoms with Gasteiger partial charge in [-0.15, -0.1) is 0 Å². The molecule has 270 valence electrons. The molecule has 0 bridgehead atoms. The van der Waals surface area contributed by atoms with Gasteiger partial charge < -0.3 is 4.74 Å². The molecular formula is C47H56N4O. The lowest BCUT2D eigenvalue weighted by atomic mass is 9.72. The first kappa shape index (κ1) is 35.7. The van der Waals surface area contributed by atoms with E-state index in [0.717, 1.165) is 65.4 Å². The van der Waals surface area contributed by atoms with Crippen molar-refractivity contribution in [2.75, 3.05) is 0 Å². The molecule has 0 N–H and O–H groups in total. The van der Waals surface area contributed by atoms with Gasteiger partial charge in [0.2, 0.25) is 0 Å². The molecular weight excluding hydrogens is 637 g/mol. The number of allylic oxidation sites excluding steroid dienone is 2. The molecule has 0 saturated carbocycles. The fourth-order valence-electron chi connectivity index (χ4n) is 8.79. The molecule has 1 aliphatic rings. The van der Waals surface area contributed by atoms with E-state index in [1.54, 1.807) is 0 Å². The number of aryl methyl sites for hydroxylation is 1. The van der Waals surface area contributed by atoms with Gasteiger partial charge in [-0.1, -0.05) is 84.7 Å². The third kappa shape index (κ3) is 6.95. The fourth-order valence-corrected chi connectivity index (χ4v) is 8.79. The van der Waals surface area contributed by atoms with Crippen LogP contribution in [0.1, 0.15) is 115 Å². The standard InChI is InChI=1S/C47H56N4O/c1-10-11-15-43-47(46-32(7)22-31(6)23-33(46)8)34(9)49-51(43)37-25-36(30(4)5)26-39(27-37)52-38-17-18-41-40-14-12-13-16-42(40)50(44(41)28-38)45-24-35(19-20-48-45)21-29(2)3/h12-14,16-20,22,24-31,33,46H,10-11,15,21,23H2,1-9H3/t31-,33-,46?/m0/s1. The van der Waals surface area contributed by atoms with E-state index in [9.17, 15) is 0 Å². The summed E-state index contributed by atoms with van der Waals surface area (Å²) in [5, 5.41) is 7.70. The normalized spacial score (nSPS) is 17.8. The van der Waals surface area contributed by atoms with Gasteiger partial charge in [0.15, 0.2) is 0 Å². The van der Waals surface area contributed by atoms with Gasteiger partial charge in [-0.3, -0.25) is 4.57 Å². The first-order valence-electron chi connectivity index (χ1n) is 19.6. The predicted octanol–water partition coefficient (Wildman–Crippen LogP) is 12.8. The Morgan fingerprint density at radius 2 is 1.65 bits per heavy atom. The predicted molar refractivity (Wildman–Crippen MR) is 218 cm³/mol. The van der Waals surface area contributed by atoms with Crippen molar-refractivity contribution in [3.63, 3.8) is 0 Å². The molecule has 5 heteroatoms. The lowest BCUT2D eigenvalue weighted by Gasteiger charge is -2.32. The van der Waals surface area contributed by atoms with E-state index < -0.39 is 0 Å². The van der Waals surface area contributed by atoms with Crippen LogP contribution in [0.3, 0.4) is 0 Å². The molecule has 3 aromatic heterocycles. The van der Waals surface area contributed by atoms with Gasteiger partial charge in [0.25, 0.3) is 0 Å². The van der Waals surface area contributed by atoms with Crippen LogP contribution in [0.5, 0.6) is 11.5 Å². The van der Waals surface area contributed by atoms with Crippen LogP contribution >= 0.6 is 0 Å². The van der Waals surface area contributed by atoms with Crippen molar-refractivity contribution in [1.29, 1.82) is 0 Å². The molecule has 7 rings (SSSR count). The number of hydrogen-bond donors (Lipinski definition) is 0. The molecule has 0 aliphatic heterocycles. The summed E-state index contributed by atoms with van der Waals surface area (Å²) < 4.78 is 11.4. The molecule has 1 aliphatic carbocycles. The molecule has 1 unspecified atom stereocenters. The summed E-state index contributed by atoms with van der Waals surface area (Å²) in [6.45, 7) is 20.6. The van der Waals surface area contributed by atoms with Gasteiger partial charge in [-0.2, -0.15) is 5.10 Å². The van der Waals surface area contributed by atoms with E-state index >= 15 is 0 Å². The number of benzene rings is 3. The molecule has 5 nitrogen and oxygen atoms in total. The van der Waals surface area contributed by atoms with Crippen molar-refractivity contribution in [1.82, 2.24) is 19.3 Å². The van der Waals surface area contributed by atoms with Crippen molar-refractivity contribution in [3.05, 3.63) is 119 Å². The van der Waals surface area contributed by atoms with Gasteiger partial charge in [-0.05, 0) is 117 Å². The first-order chi connectivity index (χ1) is 25.0. The van der Waals surface area contributed by atoms with Crippen molar-refractivity contribution in [2.24, 2.45) is 17.8 Å². The quantitative estimate of drug-likeness (QED) is 0.127.